The minimum atomic E-state index is -0.910. The van der Waals surface area contributed by atoms with E-state index >= 15 is 0 Å². The van der Waals surface area contributed by atoms with Gasteiger partial charge < -0.3 is 15.6 Å². The molecule has 1 aromatic heterocycles. The maximum absolute atomic E-state index is 13.4. The summed E-state index contributed by atoms with van der Waals surface area (Å²) < 4.78 is 26.5. The van der Waals surface area contributed by atoms with E-state index < -0.39 is 17.7 Å². The van der Waals surface area contributed by atoms with Crippen LogP contribution < -0.4 is 16.6 Å². The number of nitrogen functional groups attached to an aromatic ring is 1. The number of hydrogen-bond acceptors (Lipinski definition) is 5. The first-order valence-electron chi connectivity index (χ1n) is 5.17. The molecular formula is C10H15F2N5O. The second-order valence-corrected chi connectivity index (χ2v) is 3.89. The third-order valence-corrected chi connectivity index (χ3v) is 2.23. The molecule has 0 saturated heterocycles. The van der Waals surface area contributed by atoms with Gasteiger partial charge in [0.15, 0.2) is 23.3 Å². The summed E-state index contributed by atoms with van der Waals surface area (Å²) in [7, 11) is 3.14. The Morgan fingerprint density at radius 1 is 1.39 bits per heavy atom. The minimum Gasteiger partial charge on any atom is -0.356 e. The molecule has 0 aliphatic carbocycles. The molecule has 0 aliphatic rings. The van der Waals surface area contributed by atoms with Gasteiger partial charge in [-0.1, -0.05) is 0 Å². The minimum absolute atomic E-state index is 0.243. The van der Waals surface area contributed by atoms with Crippen molar-refractivity contribution in [2.24, 2.45) is 5.84 Å². The van der Waals surface area contributed by atoms with E-state index in [2.05, 4.69) is 10.3 Å². The fourth-order valence-corrected chi connectivity index (χ4v) is 1.32. The zero-order chi connectivity index (χ0) is 13.9. The number of hydrogen-bond donors (Lipinski definition) is 3. The van der Waals surface area contributed by atoms with Crippen LogP contribution in [0.25, 0.3) is 0 Å². The molecule has 1 rings (SSSR count). The van der Waals surface area contributed by atoms with Gasteiger partial charge in [0.25, 0.3) is 0 Å². The van der Waals surface area contributed by atoms with E-state index in [-0.39, 0.29) is 17.5 Å². The summed E-state index contributed by atoms with van der Waals surface area (Å²) in [6.45, 7) is 1.54. The van der Waals surface area contributed by atoms with Crippen molar-refractivity contribution in [3.8, 4) is 0 Å². The van der Waals surface area contributed by atoms with Crippen molar-refractivity contribution < 1.29 is 13.6 Å². The highest BCUT2D eigenvalue weighted by Crippen LogP contribution is 2.18. The number of hydrazine groups is 1. The molecule has 0 bridgehead atoms. The summed E-state index contributed by atoms with van der Waals surface area (Å²) in [5, 5.41) is 2.55. The molecule has 6 nitrogen and oxygen atoms in total. The van der Waals surface area contributed by atoms with Gasteiger partial charge in [-0.25, -0.2) is 19.6 Å². The van der Waals surface area contributed by atoms with Crippen LogP contribution in [-0.4, -0.2) is 35.9 Å². The standard InChI is InChI=1S/C10H15F2N5O/c1-5(10(18)17(2)3)14-8-6(11)4-7(12)9(15-8)16-13/h4-5H,13H2,1-3H3,(H2,14,15,16). The number of amides is 1. The highest BCUT2D eigenvalue weighted by molar-refractivity contribution is 5.83. The van der Waals surface area contributed by atoms with Crippen LogP contribution in [0.15, 0.2) is 6.07 Å². The average Bonchev–Trinajstić information content (AvgIpc) is 2.31. The van der Waals surface area contributed by atoms with Crippen LogP contribution in [0.5, 0.6) is 0 Å². The maximum Gasteiger partial charge on any atom is 0.244 e. The van der Waals surface area contributed by atoms with Crippen LogP contribution in [0.2, 0.25) is 0 Å². The SMILES string of the molecule is CC(Nc1nc(NN)c(F)cc1F)C(=O)N(C)C. The van der Waals surface area contributed by atoms with Gasteiger partial charge in [-0.3, -0.25) is 4.79 Å². The summed E-state index contributed by atoms with van der Waals surface area (Å²) in [6.07, 6.45) is 0. The zero-order valence-electron chi connectivity index (χ0n) is 10.3. The van der Waals surface area contributed by atoms with Crippen molar-refractivity contribution in [2.75, 3.05) is 24.8 Å². The molecule has 1 unspecified atom stereocenters. The van der Waals surface area contributed by atoms with Gasteiger partial charge in [-0.2, -0.15) is 0 Å². The van der Waals surface area contributed by atoms with Gasteiger partial charge in [0.05, 0.1) is 0 Å². The number of halogens is 2. The van der Waals surface area contributed by atoms with Gasteiger partial charge in [-0.15, -0.1) is 0 Å². The number of carbonyl (C=O) groups excluding carboxylic acids is 1. The Morgan fingerprint density at radius 2 is 1.94 bits per heavy atom. The topological polar surface area (TPSA) is 83.3 Å². The molecule has 0 fully saturated rings. The van der Waals surface area contributed by atoms with Gasteiger partial charge in [0.1, 0.15) is 6.04 Å². The fraction of sp³-hybridized carbons (Fsp3) is 0.400. The van der Waals surface area contributed by atoms with E-state index in [1.807, 2.05) is 5.43 Å². The highest BCUT2D eigenvalue weighted by Gasteiger charge is 2.18. The van der Waals surface area contributed by atoms with E-state index in [9.17, 15) is 13.6 Å². The molecule has 1 atom stereocenters. The Labute approximate surface area is 103 Å². The smallest absolute Gasteiger partial charge is 0.244 e. The quantitative estimate of drug-likeness (QED) is 0.543. The second kappa shape index (κ2) is 5.58. The number of nitrogens with one attached hydrogen (secondary N) is 2. The molecule has 0 aliphatic heterocycles. The fourth-order valence-electron chi connectivity index (χ4n) is 1.32. The van der Waals surface area contributed by atoms with Crippen LogP contribution in [-0.2, 0) is 4.79 Å². The summed E-state index contributed by atoms with van der Waals surface area (Å²) in [6, 6.07) is -0.0599. The molecule has 100 valence electrons. The lowest BCUT2D eigenvalue weighted by atomic mass is 10.3. The summed E-state index contributed by atoms with van der Waals surface area (Å²) >= 11 is 0. The average molecular weight is 259 g/mol. The molecule has 0 saturated carbocycles. The van der Waals surface area contributed by atoms with E-state index in [1.54, 1.807) is 21.0 Å². The Kier molecular flexibility index (Phi) is 4.38. The molecule has 0 spiro atoms. The molecule has 1 amide bonds. The molecule has 1 heterocycles. The number of pyridine rings is 1. The van der Waals surface area contributed by atoms with Gasteiger partial charge in [-0.05, 0) is 6.92 Å². The predicted molar refractivity (Wildman–Crippen MR) is 63.7 cm³/mol. The van der Waals surface area contributed by atoms with Crippen molar-refractivity contribution in [3.05, 3.63) is 17.7 Å². The summed E-state index contributed by atoms with van der Waals surface area (Å²) in [4.78, 5) is 16.5. The summed E-state index contributed by atoms with van der Waals surface area (Å²) in [5.41, 5.74) is 2.00. The number of aromatic nitrogens is 1. The zero-order valence-corrected chi connectivity index (χ0v) is 10.3. The molecule has 18 heavy (non-hydrogen) atoms. The lowest BCUT2D eigenvalue weighted by Crippen LogP contribution is -2.37. The van der Waals surface area contributed by atoms with Crippen molar-refractivity contribution in [1.29, 1.82) is 0 Å². The van der Waals surface area contributed by atoms with E-state index in [4.69, 9.17) is 5.84 Å². The first kappa shape index (κ1) is 14.1. The third kappa shape index (κ3) is 3.04. The molecule has 4 N–H and O–H groups in total. The van der Waals surface area contributed by atoms with E-state index in [1.165, 1.54) is 4.90 Å². The van der Waals surface area contributed by atoms with Gasteiger partial charge in [0, 0.05) is 20.2 Å². The molecule has 8 heteroatoms. The van der Waals surface area contributed by atoms with Gasteiger partial charge in [0.2, 0.25) is 5.91 Å². The Bertz CT molecular complexity index is 452. The lowest BCUT2D eigenvalue weighted by molar-refractivity contribution is -0.129. The number of rotatable bonds is 4. The van der Waals surface area contributed by atoms with Gasteiger partial charge >= 0.3 is 0 Å². The number of carbonyl (C=O) groups is 1. The third-order valence-electron chi connectivity index (χ3n) is 2.23. The summed E-state index contributed by atoms with van der Waals surface area (Å²) in [5.74, 6) is 2.42. The van der Waals surface area contributed by atoms with Crippen molar-refractivity contribution in [3.63, 3.8) is 0 Å². The highest BCUT2D eigenvalue weighted by atomic mass is 19.1. The van der Waals surface area contributed by atoms with Crippen LogP contribution in [0, 0.1) is 11.6 Å². The van der Waals surface area contributed by atoms with E-state index in [0.717, 1.165) is 0 Å². The Balaban J connectivity index is 2.94. The van der Waals surface area contributed by atoms with Crippen LogP contribution in [0.1, 0.15) is 6.92 Å². The van der Waals surface area contributed by atoms with Crippen LogP contribution in [0.3, 0.4) is 0 Å². The predicted octanol–water partition coefficient (Wildman–Crippen LogP) is 0.534. The normalized spacial score (nSPS) is 11.9. The Hall–Kier alpha value is -1.96. The number of anilines is 2. The second-order valence-electron chi connectivity index (χ2n) is 3.89. The van der Waals surface area contributed by atoms with Crippen LogP contribution >= 0.6 is 0 Å². The van der Waals surface area contributed by atoms with Crippen LogP contribution in [0.4, 0.5) is 20.4 Å². The number of nitrogens with zero attached hydrogens (tertiary/aromatic N) is 2. The first-order valence-corrected chi connectivity index (χ1v) is 5.17. The van der Waals surface area contributed by atoms with Crippen molar-refractivity contribution in [2.45, 2.75) is 13.0 Å². The number of likely N-dealkylation sites (N-methyl/N-ethyl adjacent to an activating group) is 1. The van der Waals surface area contributed by atoms with Crippen molar-refractivity contribution in [1.82, 2.24) is 9.88 Å². The first-order chi connectivity index (χ1) is 8.36. The number of nitrogens with two attached hydrogens (primary N) is 1. The maximum atomic E-state index is 13.4. The lowest BCUT2D eigenvalue weighted by Gasteiger charge is -2.19. The Morgan fingerprint density at radius 3 is 2.44 bits per heavy atom. The van der Waals surface area contributed by atoms with E-state index in [0.29, 0.717) is 6.07 Å². The molecular weight excluding hydrogens is 244 g/mol. The largest absolute Gasteiger partial charge is 0.356 e. The monoisotopic (exact) mass is 259 g/mol. The van der Waals surface area contributed by atoms with Crippen molar-refractivity contribution >= 4 is 17.5 Å². The molecule has 0 radical (unpaired) electrons. The molecule has 0 aromatic carbocycles. The molecule has 1 aromatic rings.